The van der Waals surface area contributed by atoms with Gasteiger partial charge in [0.05, 0.1) is 0 Å². The Balaban J connectivity index is 1.71. The molecular weight excluding hydrogens is 234 g/mol. The Morgan fingerprint density at radius 1 is 1.33 bits per heavy atom. The highest BCUT2D eigenvalue weighted by Gasteiger charge is 2.28. The number of hydrogen-bond donors (Lipinski definition) is 2. The van der Waals surface area contributed by atoms with Crippen LogP contribution < -0.4 is 11.1 Å². The maximum absolute atomic E-state index is 11.8. The summed E-state index contributed by atoms with van der Waals surface area (Å²) >= 11 is 0. The molecule has 0 radical (unpaired) electrons. The molecule has 1 aliphatic carbocycles. The predicted molar refractivity (Wildman–Crippen MR) is 64.2 cm³/mol. The molecule has 1 heterocycles. The van der Waals surface area contributed by atoms with Crippen LogP contribution in [-0.4, -0.2) is 41.8 Å². The van der Waals surface area contributed by atoms with Crippen LogP contribution in [0.2, 0.25) is 0 Å². The SMILES string of the molecule is NC1CC[C@H](C(=O)NCCN2C(=O)C=CC2=O)C1. The molecule has 18 heavy (non-hydrogen) atoms. The van der Waals surface area contributed by atoms with Gasteiger partial charge in [0.2, 0.25) is 5.91 Å². The fourth-order valence-corrected chi connectivity index (χ4v) is 2.34. The monoisotopic (exact) mass is 251 g/mol. The average Bonchev–Trinajstić information content (AvgIpc) is 2.89. The fraction of sp³-hybridized carbons (Fsp3) is 0.583. The Morgan fingerprint density at radius 2 is 2.00 bits per heavy atom. The number of carbonyl (C=O) groups excluding carboxylic acids is 3. The molecule has 1 fully saturated rings. The van der Waals surface area contributed by atoms with Gasteiger partial charge in [-0.25, -0.2) is 0 Å². The van der Waals surface area contributed by atoms with Crippen molar-refractivity contribution in [3.63, 3.8) is 0 Å². The van der Waals surface area contributed by atoms with Crippen LogP contribution in [-0.2, 0) is 14.4 Å². The summed E-state index contributed by atoms with van der Waals surface area (Å²) in [5, 5.41) is 2.74. The van der Waals surface area contributed by atoms with Gasteiger partial charge < -0.3 is 11.1 Å². The number of nitrogens with two attached hydrogens (primary N) is 1. The highest BCUT2D eigenvalue weighted by Crippen LogP contribution is 2.23. The van der Waals surface area contributed by atoms with Crippen LogP contribution in [0, 0.1) is 5.92 Å². The number of carbonyl (C=O) groups is 3. The quantitative estimate of drug-likeness (QED) is 0.637. The molecule has 0 aromatic heterocycles. The summed E-state index contributed by atoms with van der Waals surface area (Å²) in [6, 6.07) is 0.117. The molecule has 0 aromatic carbocycles. The molecule has 3 N–H and O–H groups in total. The van der Waals surface area contributed by atoms with Crippen LogP contribution in [0.4, 0.5) is 0 Å². The lowest BCUT2D eigenvalue weighted by Gasteiger charge is -2.15. The first kappa shape index (κ1) is 12.8. The molecule has 98 valence electrons. The lowest BCUT2D eigenvalue weighted by atomic mass is 10.1. The van der Waals surface area contributed by atoms with Crippen LogP contribution in [0.15, 0.2) is 12.2 Å². The van der Waals surface area contributed by atoms with Gasteiger partial charge in [-0.15, -0.1) is 0 Å². The summed E-state index contributed by atoms with van der Waals surface area (Å²) in [4.78, 5) is 35.4. The summed E-state index contributed by atoms with van der Waals surface area (Å²) in [6.45, 7) is 0.513. The second-order valence-electron chi connectivity index (χ2n) is 4.72. The second kappa shape index (κ2) is 5.30. The fourth-order valence-electron chi connectivity index (χ4n) is 2.34. The summed E-state index contributed by atoms with van der Waals surface area (Å²) in [7, 11) is 0. The largest absolute Gasteiger partial charge is 0.354 e. The van der Waals surface area contributed by atoms with Crippen molar-refractivity contribution >= 4 is 17.7 Å². The van der Waals surface area contributed by atoms with E-state index in [0.717, 1.165) is 24.2 Å². The smallest absolute Gasteiger partial charge is 0.253 e. The summed E-state index contributed by atoms with van der Waals surface area (Å²) in [6.07, 6.45) is 4.89. The zero-order chi connectivity index (χ0) is 13.1. The van der Waals surface area contributed by atoms with E-state index in [1.54, 1.807) is 0 Å². The highest BCUT2D eigenvalue weighted by atomic mass is 16.2. The van der Waals surface area contributed by atoms with Crippen molar-refractivity contribution in [3.05, 3.63) is 12.2 Å². The molecule has 1 unspecified atom stereocenters. The van der Waals surface area contributed by atoms with E-state index in [1.165, 1.54) is 12.2 Å². The van der Waals surface area contributed by atoms with Gasteiger partial charge >= 0.3 is 0 Å². The number of nitrogens with one attached hydrogen (secondary N) is 1. The van der Waals surface area contributed by atoms with Crippen molar-refractivity contribution in [1.82, 2.24) is 10.2 Å². The molecular formula is C12H17N3O3. The number of amides is 3. The third-order valence-electron chi connectivity index (χ3n) is 3.38. The van der Waals surface area contributed by atoms with Crippen molar-refractivity contribution in [2.24, 2.45) is 11.7 Å². The third-order valence-corrected chi connectivity index (χ3v) is 3.38. The van der Waals surface area contributed by atoms with Crippen molar-refractivity contribution in [1.29, 1.82) is 0 Å². The van der Waals surface area contributed by atoms with E-state index >= 15 is 0 Å². The average molecular weight is 251 g/mol. The second-order valence-corrected chi connectivity index (χ2v) is 4.72. The van der Waals surface area contributed by atoms with Crippen LogP contribution >= 0.6 is 0 Å². The molecule has 2 rings (SSSR count). The molecule has 6 heteroatoms. The Kier molecular flexibility index (Phi) is 3.76. The molecule has 2 aliphatic rings. The Hall–Kier alpha value is -1.69. The summed E-state index contributed by atoms with van der Waals surface area (Å²) in [5.74, 6) is -0.701. The van der Waals surface area contributed by atoms with Crippen molar-refractivity contribution < 1.29 is 14.4 Å². The maximum atomic E-state index is 11.8. The lowest BCUT2D eigenvalue weighted by Crippen LogP contribution is -2.39. The number of rotatable bonds is 4. The van der Waals surface area contributed by atoms with Crippen LogP contribution in [0.3, 0.4) is 0 Å². The van der Waals surface area contributed by atoms with E-state index in [0.29, 0.717) is 6.54 Å². The lowest BCUT2D eigenvalue weighted by molar-refractivity contribution is -0.137. The molecule has 0 aromatic rings. The van der Waals surface area contributed by atoms with E-state index in [2.05, 4.69) is 5.32 Å². The first-order chi connectivity index (χ1) is 8.58. The Bertz CT molecular complexity index is 387. The van der Waals surface area contributed by atoms with Crippen LogP contribution in [0.1, 0.15) is 19.3 Å². The topological polar surface area (TPSA) is 92.5 Å². The number of nitrogens with zero attached hydrogens (tertiary/aromatic N) is 1. The van der Waals surface area contributed by atoms with E-state index in [9.17, 15) is 14.4 Å². The molecule has 1 saturated carbocycles. The number of imide groups is 1. The minimum absolute atomic E-state index is 0.0249. The first-order valence-electron chi connectivity index (χ1n) is 6.15. The molecule has 1 aliphatic heterocycles. The van der Waals surface area contributed by atoms with E-state index in [-0.39, 0.29) is 36.2 Å². The standard InChI is InChI=1S/C12H17N3O3/c13-9-2-1-8(7-9)12(18)14-5-6-15-10(16)3-4-11(15)17/h3-4,8-9H,1-2,5-7,13H2,(H,14,18)/t8-,9?/m0/s1. The van der Waals surface area contributed by atoms with E-state index in [1.807, 2.05) is 0 Å². The molecule has 0 spiro atoms. The van der Waals surface area contributed by atoms with Crippen molar-refractivity contribution in [2.45, 2.75) is 25.3 Å². The Morgan fingerprint density at radius 3 is 2.56 bits per heavy atom. The highest BCUT2D eigenvalue weighted by molar-refractivity contribution is 6.12. The van der Waals surface area contributed by atoms with Crippen molar-refractivity contribution in [3.8, 4) is 0 Å². The molecule has 6 nitrogen and oxygen atoms in total. The third kappa shape index (κ3) is 2.76. The minimum atomic E-state index is -0.322. The van der Waals surface area contributed by atoms with Crippen LogP contribution in [0.5, 0.6) is 0 Å². The zero-order valence-corrected chi connectivity index (χ0v) is 10.1. The summed E-state index contributed by atoms with van der Waals surface area (Å²) < 4.78 is 0. The van der Waals surface area contributed by atoms with Gasteiger partial charge in [0.25, 0.3) is 11.8 Å². The van der Waals surface area contributed by atoms with Gasteiger partial charge in [0, 0.05) is 37.2 Å². The van der Waals surface area contributed by atoms with Gasteiger partial charge in [-0.3, -0.25) is 19.3 Å². The summed E-state index contributed by atoms with van der Waals surface area (Å²) in [5.41, 5.74) is 5.74. The maximum Gasteiger partial charge on any atom is 0.253 e. The van der Waals surface area contributed by atoms with Gasteiger partial charge in [0.15, 0.2) is 0 Å². The van der Waals surface area contributed by atoms with Gasteiger partial charge in [-0.1, -0.05) is 0 Å². The van der Waals surface area contributed by atoms with Gasteiger partial charge in [-0.2, -0.15) is 0 Å². The first-order valence-corrected chi connectivity index (χ1v) is 6.15. The molecule has 2 atom stereocenters. The molecule has 3 amide bonds. The van der Waals surface area contributed by atoms with E-state index in [4.69, 9.17) is 5.73 Å². The number of hydrogen-bond acceptors (Lipinski definition) is 4. The van der Waals surface area contributed by atoms with Crippen LogP contribution in [0.25, 0.3) is 0 Å². The zero-order valence-electron chi connectivity index (χ0n) is 10.1. The van der Waals surface area contributed by atoms with Gasteiger partial charge in [0.1, 0.15) is 0 Å². The van der Waals surface area contributed by atoms with E-state index < -0.39 is 0 Å². The predicted octanol–water partition coefficient (Wildman–Crippen LogP) is -0.845. The van der Waals surface area contributed by atoms with Gasteiger partial charge in [-0.05, 0) is 19.3 Å². The minimum Gasteiger partial charge on any atom is -0.354 e. The van der Waals surface area contributed by atoms with Crippen molar-refractivity contribution in [2.75, 3.05) is 13.1 Å². The normalized spacial score (nSPS) is 27.1. The Labute approximate surface area is 105 Å². The molecule has 0 bridgehead atoms. The molecule has 0 saturated heterocycles.